The van der Waals surface area contributed by atoms with Crippen LogP contribution in [-0.4, -0.2) is 21.2 Å². The van der Waals surface area contributed by atoms with Crippen LogP contribution in [0.3, 0.4) is 0 Å². The number of nitrogens with one attached hydrogen (secondary N) is 1. The lowest BCUT2D eigenvalue weighted by molar-refractivity contribution is 0.0703. The molecule has 1 unspecified atom stereocenters. The molecule has 0 bridgehead atoms. The number of thiophene rings is 1. The average molecular weight is 389 g/mol. The molecule has 7 heteroatoms. The van der Waals surface area contributed by atoms with E-state index in [9.17, 15) is 18.5 Å². The topological polar surface area (TPSA) is 66.4 Å². The van der Waals surface area contributed by atoms with Gasteiger partial charge in [-0.05, 0) is 36.6 Å². The van der Waals surface area contributed by atoms with Gasteiger partial charge in [0.25, 0.3) is 0 Å². The Balaban J connectivity index is 2.07. The van der Waals surface area contributed by atoms with Crippen molar-refractivity contribution in [1.82, 2.24) is 0 Å². The minimum atomic E-state index is -2.98. The van der Waals surface area contributed by atoms with Crippen LogP contribution in [0.4, 0.5) is 10.1 Å². The molecule has 0 amide bonds. The number of aromatic carboxylic acids is 1. The van der Waals surface area contributed by atoms with Gasteiger partial charge >= 0.3 is 5.97 Å². The van der Waals surface area contributed by atoms with Gasteiger partial charge in [0.05, 0.1) is 20.3 Å². The quantitative estimate of drug-likeness (QED) is 0.624. The van der Waals surface area contributed by atoms with E-state index in [-0.39, 0.29) is 10.6 Å². The zero-order chi connectivity index (χ0) is 18.9. The van der Waals surface area contributed by atoms with Crippen molar-refractivity contribution in [3.8, 4) is 10.4 Å². The second-order valence-corrected chi connectivity index (χ2v) is 8.73. The molecule has 3 aromatic rings. The Morgan fingerprint density at radius 1 is 1.19 bits per heavy atom. The number of hydrogen-bond donors (Lipinski definition) is 2. The van der Waals surface area contributed by atoms with Gasteiger partial charge in [0.1, 0.15) is 10.7 Å². The number of hydrogen-bond acceptors (Lipinski definition) is 3. The molecule has 0 aliphatic rings. The minimum Gasteiger partial charge on any atom is -0.477 e. The third-order valence-corrected chi connectivity index (χ3v) is 6.66. The highest BCUT2D eigenvalue weighted by atomic mass is 32.2. The molecule has 0 fully saturated rings. The highest BCUT2D eigenvalue weighted by molar-refractivity contribution is 8.01. The predicted molar refractivity (Wildman–Crippen MR) is 105 cm³/mol. The average Bonchev–Trinajstić information content (AvgIpc) is 2.98. The molecule has 0 saturated carbocycles. The number of carbonyl (C=O) groups is 1. The molecular formula is C19H16FNO3S2. The van der Waals surface area contributed by atoms with Crippen molar-refractivity contribution in [1.29, 1.82) is 0 Å². The first-order valence-electron chi connectivity index (χ1n) is 7.62. The van der Waals surface area contributed by atoms with E-state index in [0.717, 1.165) is 16.9 Å². The Hall–Kier alpha value is -2.64. The first-order valence-corrected chi connectivity index (χ1v) is 10.2. The van der Waals surface area contributed by atoms with Gasteiger partial charge < -0.3 is 9.83 Å². The van der Waals surface area contributed by atoms with Gasteiger partial charge in [0.2, 0.25) is 0 Å². The van der Waals surface area contributed by atoms with Crippen LogP contribution in [0, 0.1) is 12.7 Å². The van der Waals surface area contributed by atoms with Crippen molar-refractivity contribution < 1.29 is 18.5 Å². The van der Waals surface area contributed by atoms with Gasteiger partial charge in [-0.15, -0.1) is 11.3 Å². The van der Waals surface area contributed by atoms with Crippen molar-refractivity contribution in [2.45, 2.75) is 11.8 Å². The van der Waals surface area contributed by atoms with Crippen LogP contribution in [-0.2, 0) is 9.71 Å². The first kappa shape index (κ1) is 18.2. The number of rotatable bonds is 5. The fourth-order valence-electron chi connectivity index (χ4n) is 2.58. The molecule has 1 atom stereocenters. The van der Waals surface area contributed by atoms with Gasteiger partial charge in [0.15, 0.2) is 0 Å². The van der Waals surface area contributed by atoms with E-state index in [0.29, 0.717) is 15.3 Å². The smallest absolute Gasteiger partial charge is 0.348 e. The largest absolute Gasteiger partial charge is 0.477 e. The molecule has 0 aliphatic heterocycles. The Labute approximate surface area is 155 Å². The fourth-order valence-corrected chi connectivity index (χ4v) is 5.14. The standard InChI is InChI=1S/C19H16FNO3S2/c1-12-7-3-6-10-17(12)26(2,24)21-15-11-16(25-18(15)19(22)23)13-8-4-5-9-14(13)20/h3-11H,2H2,1H3,(H,21,24)(H,22,23). The SMILES string of the molecule is C=S(=O)(Nc1cc(-c2ccccc2F)sc1C(=O)O)c1ccccc1C. The van der Waals surface area contributed by atoms with Gasteiger partial charge in [-0.3, -0.25) is 0 Å². The highest BCUT2D eigenvalue weighted by Crippen LogP contribution is 2.37. The maximum atomic E-state index is 14.0. The first-order chi connectivity index (χ1) is 12.3. The molecule has 2 N–H and O–H groups in total. The van der Waals surface area contributed by atoms with E-state index >= 15 is 0 Å². The summed E-state index contributed by atoms with van der Waals surface area (Å²) in [6, 6.07) is 14.6. The molecule has 3 rings (SSSR count). The third-order valence-electron chi connectivity index (χ3n) is 3.79. The summed E-state index contributed by atoms with van der Waals surface area (Å²) >= 11 is 0.920. The summed E-state index contributed by atoms with van der Waals surface area (Å²) in [7, 11) is -2.98. The van der Waals surface area contributed by atoms with Crippen LogP contribution in [0.15, 0.2) is 59.5 Å². The summed E-state index contributed by atoms with van der Waals surface area (Å²) in [5.74, 6) is 2.12. The number of carboxylic acids is 1. The van der Waals surface area contributed by atoms with Crippen LogP contribution < -0.4 is 4.72 Å². The molecule has 1 heterocycles. The van der Waals surface area contributed by atoms with Crippen molar-refractivity contribution in [2.24, 2.45) is 0 Å². The normalized spacial score (nSPS) is 13.2. The summed E-state index contributed by atoms with van der Waals surface area (Å²) in [6.45, 7) is 1.80. The molecule has 134 valence electrons. The fraction of sp³-hybridized carbons (Fsp3) is 0.0526. The molecule has 0 saturated heterocycles. The van der Waals surface area contributed by atoms with Crippen LogP contribution in [0.1, 0.15) is 15.2 Å². The summed E-state index contributed by atoms with van der Waals surface area (Å²) < 4.78 is 29.9. The van der Waals surface area contributed by atoms with Crippen LogP contribution in [0.25, 0.3) is 10.4 Å². The zero-order valence-corrected chi connectivity index (χ0v) is 15.5. The second kappa shape index (κ2) is 6.93. The lowest BCUT2D eigenvalue weighted by Crippen LogP contribution is -2.15. The summed E-state index contributed by atoms with van der Waals surface area (Å²) in [5.41, 5.74) is 1.23. The zero-order valence-electron chi connectivity index (χ0n) is 13.9. The summed E-state index contributed by atoms with van der Waals surface area (Å²) in [5, 5.41) is 9.48. The van der Waals surface area contributed by atoms with Gasteiger partial charge in [-0.25, -0.2) is 13.4 Å². The molecular weight excluding hydrogens is 373 g/mol. The predicted octanol–water partition coefficient (Wildman–Crippen LogP) is 4.66. The van der Waals surface area contributed by atoms with Crippen molar-refractivity contribution in [2.75, 3.05) is 4.72 Å². The Bertz CT molecular complexity index is 1090. The Morgan fingerprint density at radius 3 is 2.50 bits per heavy atom. The maximum Gasteiger partial charge on any atom is 0.348 e. The van der Waals surface area contributed by atoms with E-state index in [2.05, 4.69) is 10.6 Å². The van der Waals surface area contributed by atoms with Gasteiger partial charge in [-0.1, -0.05) is 36.4 Å². The number of benzene rings is 2. The Kier molecular flexibility index (Phi) is 4.84. The lowest BCUT2D eigenvalue weighted by atomic mass is 10.2. The van der Waals surface area contributed by atoms with E-state index < -0.39 is 21.5 Å². The molecule has 0 aliphatic carbocycles. The number of halogens is 1. The van der Waals surface area contributed by atoms with E-state index in [1.54, 1.807) is 43.3 Å². The maximum absolute atomic E-state index is 14.0. The second-order valence-electron chi connectivity index (χ2n) is 5.68. The molecule has 26 heavy (non-hydrogen) atoms. The molecule has 1 aromatic heterocycles. The van der Waals surface area contributed by atoms with Crippen molar-refractivity contribution >= 4 is 38.6 Å². The molecule has 0 radical (unpaired) electrons. The summed E-state index contributed by atoms with van der Waals surface area (Å²) in [4.78, 5) is 12.5. The summed E-state index contributed by atoms with van der Waals surface area (Å²) in [6.07, 6.45) is 0. The third kappa shape index (κ3) is 3.49. The minimum absolute atomic E-state index is 0.0480. The molecule has 2 aromatic carbocycles. The Morgan fingerprint density at radius 2 is 1.85 bits per heavy atom. The van der Waals surface area contributed by atoms with Crippen molar-refractivity contribution in [3.05, 3.63) is 70.9 Å². The van der Waals surface area contributed by atoms with Crippen molar-refractivity contribution in [3.63, 3.8) is 0 Å². The number of carboxylic acid groups (broad SMARTS) is 1. The lowest BCUT2D eigenvalue weighted by Gasteiger charge is -2.14. The van der Waals surface area contributed by atoms with E-state index in [1.165, 1.54) is 12.1 Å². The van der Waals surface area contributed by atoms with E-state index in [1.807, 2.05) is 6.07 Å². The highest BCUT2D eigenvalue weighted by Gasteiger charge is 2.21. The molecule has 4 nitrogen and oxygen atoms in total. The number of aryl methyl sites for hydroxylation is 1. The monoisotopic (exact) mass is 389 g/mol. The van der Waals surface area contributed by atoms with Crippen LogP contribution in [0.2, 0.25) is 0 Å². The number of anilines is 1. The van der Waals surface area contributed by atoms with Gasteiger partial charge in [0, 0.05) is 10.4 Å². The molecule has 0 spiro atoms. The van der Waals surface area contributed by atoms with Crippen LogP contribution >= 0.6 is 11.3 Å². The van der Waals surface area contributed by atoms with E-state index in [4.69, 9.17) is 0 Å². The van der Waals surface area contributed by atoms with Gasteiger partial charge in [-0.2, -0.15) is 0 Å². The van der Waals surface area contributed by atoms with Crippen LogP contribution in [0.5, 0.6) is 0 Å².